The monoisotopic (exact) mass is 404 g/mol. The zero-order chi connectivity index (χ0) is 20.0. The normalized spacial score (nSPS) is 10.4. The number of hydrogen-bond donors (Lipinski definition) is 4. The van der Waals surface area contributed by atoms with Crippen LogP contribution in [-0.4, -0.2) is 17.2 Å². The average Bonchev–Trinajstić information content (AvgIpc) is 2.56. The molecule has 2 amide bonds. The summed E-state index contributed by atoms with van der Waals surface area (Å²) in [6, 6.07) is 11.4. The van der Waals surface area contributed by atoms with Gasteiger partial charge in [-0.25, -0.2) is 4.79 Å². The molecule has 27 heavy (non-hydrogen) atoms. The van der Waals surface area contributed by atoms with Gasteiger partial charge in [-0.2, -0.15) is 0 Å². The molecular formula is C20H25ClN4OS. The minimum atomic E-state index is -0.216. The number of halogens is 1. The van der Waals surface area contributed by atoms with Crippen molar-refractivity contribution >= 4 is 46.3 Å². The maximum atomic E-state index is 11.7. The van der Waals surface area contributed by atoms with E-state index in [4.69, 9.17) is 23.8 Å². The van der Waals surface area contributed by atoms with Crippen molar-refractivity contribution < 1.29 is 4.79 Å². The van der Waals surface area contributed by atoms with Gasteiger partial charge in [-0.1, -0.05) is 29.8 Å². The van der Waals surface area contributed by atoms with E-state index in [2.05, 4.69) is 27.3 Å². The lowest BCUT2D eigenvalue weighted by Crippen LogP contribution is -2.34. The molecule has 0 saturated heterocycles. The van der Waals surface area contributed by atoms with Crippen LogP contribution in [0.4, 0.5) is 16.2 Å². The number of urea groups is 1. The number of carbonyl (C=O) groups excluding carboxylic acids is 1. The standard InChI is InChI=1S/C20H25ClN4OS/c1-12(2)23-19(26)24-16-7-5-15(6-8-16)11-22-20(27)25-18-14(4)9-13(3)10-17(18)21/h5-10,12H,11H2,1-4H3,(H2,22,25,27)(H2,23,24,26). The van der Waals surface area contributed by atoms with Gasteiger partial charge in [-0.3, -0.25) is 0 Å². The highest BCUT2D eigenvalue weighted by atomic mass is 35.5. The van der Waals surface area contributed by atoms with Crippen molar-refractivity contribution in [2.75, 3.05) is 10.6 Å². The van der Waals surface area contributed by atoms with E-state index in [1.807, 2.05) is 58.0 Å². The second-order valence-corrected chi connectivity index (χ2v) is 7.51. The molecule has 0 fully saturated rings. The molecule has 0 atom stereocenters. The third-order valence-corrected chi connectivity index (χ3v) is 4.30. The van der Waals surface area contributed by atoms with E-state index >= 15 is 0 Å². The van der Waals surface area contributed by atoms with Crippen molar-refractivity contribution in [2.24, 2.45) is 0 Å². The second kappa shape index (κ2) is 9.58. The molecule has 2 rings (SSSR count). The molecule has 2 aromatic carbocycles. The van der Waals surface area contributed by atoms with Crippen LogP contribution in [-0.2, 0) is 6.54 Å². The van der Waals surface area contributed by atoms with Crippen molar-refractivity contribution in [3.05, 3.63) is 58.1 Å². The van der Waals surface area contributed by atoms with Crippen LogP contribution in [0.3, 0.4) is 0 Å². The van der Waals surface area contributed by atoms with Crippen molar-refractivity contribution in [3.63, 3.8) is 0 Å². The van der Waals surface area contributed by atoms with Gasteiger partial charge in [0.2, 0.25) is 0 Å². The highest BCUT2D eigenvalue weighted by molar-refractivity contribution is 7.80. The van der Waals surface area contributed by atoms with E-state index in [1.54, 1.807) is 0 Å². The molecule has 0 aromatic heterocycles. The minimum absolute atomic E-state index is 0.0904. The molecule has 0 unspecified atom stereocenters. The van der Waals surface area contributed by atoms with Crippen LogP contribution in [0.15, 0.2) is 36.4 Å². The van der Waals surface area contributed by atoms with Gasteiger partial charge >= 0.3 is 6.03 Å². The first kappa shape index (κ1) is 21.0. The lowest BCUT2D eigenvalue weighted by molar-refractivity contribution is 0.250. The fraction of sp³-hybridized carbons (Fsp3) is 0.300. The smallest absolute Gasteiger partial charge is 0.319 e. The van der Waals surface area contributed by atoms with Gasteiger partial charge in [-0.05, 0) is 74.8 Å². The number of amides is 2. The number of nitrogens with one attached hydrogen (secondary N) is 4. The summed E-state index contributed by atoms with van der Waals surface area (Å²) in [6.07, 6.45) is 0. The first-order valence-corrected chi connectivity index (χ1v) is 9.51. The Balaban J connectivity index is 1.88. The molecular weight excluding hydrogens is 380 g/mol. The average molecular weight is 405 g/mol. The molecule has 7 heteroatoms. The van der Waals surface area contributed by atoms with E-state index in [-0.39, 0.29) is 12.1 Å². The Hall–Kier alpha value is -2.31. The Morgan fingerprint density at radius 2 is 1.78 bits per heavy atom. The predicted molar refractivity (Wildman–Crippen MR) is 118 cm³/mol. The van der Waals surface area contributed by atoms with Crippen LogP contribution < -0.4 is 21.3 Å². The quantitative estimate of drug-likeness (QED) is 0.531. The van der Waals surface area contributed by atoms with Crippen molar-refractivity contribution in [3.8, 4) is 0 Å². The molecule has 0 radical (unpaired) electrons. The SMILES string of the molecule is Cc1cc(C)c(NC(=S)NCc2ccc(NC(=O)NC(C)C)cc2)c(Cl)c1. The van der Waals surface area contributed by atoms with E-state index in [1.165, 1.54) is 0 Å². The van der Waals surface area contributed by atoms with Crippen molar-refractivity contribution in [1.82, 2.24) is 10.6 Å². The highest BCUT2D eigenvalue weighted by Crippen LogP contribution is 2.27. The summed E-state index contributed by atoms with van der Waals surface area (Å²) < 4.78 is 0. The topological polar surface area (TPSA) is 65.2 Å². The lowest BCUT2D eigenvalue weighted by Gasteiger charge is -2.15. The molecule has 0 saturated carbocycles. The van der Waals surface area contributed by atoms with Gasteiger partial charge in [0.05, 0.1) is 10.7 Å². The van der Waals surface area contributed by atoms with Crippen LogP contribution in [0.25, 0.3) is 0 Å². The first-order valence-electron chi connectivity index (χ1n) is 8.72. The van der Waals surface area contributed by atoms with E-state index in [9.17, 15) is 4.79 Å². The highest BCUT2D eigenvalue weighted by Gasteiger charge is 2.07. The Morgan fingerprint density at radius 1 is 1.11 bits per heavy atom. The molecule has 5 nitrogen and oxygen atoms in total. The summed E-state index contributed by atoms with van der Waals surface area (Å²) in [5.41, 5.74) is 4.74. The maximum absolute atomic E-state index is 11.7. The largest absolute Gasteiger partial charge is 0.358 e. The second-order valence-electron chi connectivity index (χ2n) is 6.70. The first-order chi connectivity index (χ1) is 12.7. The summed E-state index contributed by atoms with van der Waals surface area (Å²) in [5.74, 6) is 0. The van der Waals surface area contributed by atoms with E-state index < -0.39 is 0 Å². The number of aryl methyl sites for hydroxylation is 2. The Morgan fingerprint density at radius 3 is 2.37 bits per heavy atom. The minimum Gasteiger partial charge on any atom is -0.358 e. The molecule has 0 aliphatic rings. The van der Waals surface area contributed by atoms with Gasteiger partial charge in [0, 0.05) is 18.3 Å². The number of benzene rings is 2. The van der Waals surface area contributed by atoms with Gasteiger partial charge in [0.25, 0.3) is 0 Å². The van der Waals surface area contributed by atoms with Gasteiger partial charge in [0.1, 0.15) is 0 Å². The molecule has 0 heterocycles. The maximum Gasteiger partial charge on any atom is 0.319 e. The zero-order valence-corrected chi connectivity index (χ0v) is 17.5. The molecule has 144 valence electrons. The van der Waals surface area contributed by atoms with Gasteiger partial charge in [0.15, 0.2) is 5.11 Å². The molecule has 2 aromatic rings. The van der Waals surface area contributed by atoms with Crippen LogP contribution in [0.1, 0.15) is 30.5 Å². The molecule has 0 bridgehead atoms. The third kappa shape index (κ3) is 6.73. The van der Waals surface area contributed by atoms with Gasteiger partial charge in [-0.15, -0.1) is 0 Å². The summed E-state index contributed by atoms with van der Waals surface area (Å²) in [4.78, 5) is 11.7. The number of thiocarbonyl (C=S) groups is 1. The lowest BCUT2D eigenvalue weighted by atomic mass is 10.1. The number of rotatable bonds is 5. The van der Waals surface area contributed by atoms with E-state index in [0.29, 0.717) is 16.7 Å². The predicted octanol–water partition coefficient (Wildman–Crippen LogP) is 4.97. The van der Waals surface area contributed by atoms with Crippen LogP contribution >= 0.6 is 23.8 Å². The molecule has 0 aliphatic carbocycles. The van der Waals surface area contributed by atoms with E-state index in [0.717, 1.165) is 28.1 Å². The summed E-state index contributed by atoms with van der Waals surface area (Å²) >= 11 is 11.7. The molecule has 0 aliphatic heterocycles. The fourth-order valence-corrected chi connectivity index (χ4v) is 3.09. The van der Waals surface area contributed by atoms with Crippen molar-refractivity contribution in [2.45, 2.75) is 40.3 Å². The zero-order valence-electron chi connectivity index (χ0n) is 15.9. The number of carbonyl (C=O) groups is 1. The molecule has 0 spiro atoms. The summed E-state index contributed by atoms with van der Waals surface area (Å²) in [5, 5.41) is 13.0. The Labute approximate surface area is 170 Å². The molecule has 4 N–H and O–H groups in total. The Bertz CT molecular complexity index is 798. The number of hydrogen-bond acceptors (Lipinski definition) is 2. The van der Waals surface area contributed by atoms with Crippen LogP contribution in [0.5, 0.6) is 0 Å². The summed E-state index contributed by atoms with van der Waals surface area (Å²) in [7, 11) is 0. The van der Waals surface area contributed by atoms with Crippen LogP contribution in [0.2, 0.25) is 5.02 Å². The van der Waals surface area contributed by atoms with Gasteiger partial charge < -0.3 is 21.3 Å². The van der Waals surface area contributed by atoms with Crippen molar-refractivity contribution in [1.29, 1.82) is 0 Å². The number of anilines is 2. The third-order valence-electron chi connectivity index (χ3n) is 3.75. The fourth-order valence-electron chi connectivity index (χ4n) is 2.55. The summed E-state index contributed by atoms with van der Waals surface area (Å²) in [6.45, 7) is 8.38. The van der Waals surface area contributed by atoms with Crippen LogP contribution in [0, 0.1) is 13.8 Å². The Kier molecular flexibility index (Phi) is 7.45.